The summed E-state index contributed by atoms with van der Waals surface area (Å²) < 4.78 is 75.7. The number of anilines is 1. The first-order chi connectivity index (χ1) is 9.46. The lowest BCUT2D eigenvalue weighted by Gasteiger charge is -2.15. The molecule has 0 saturated carbocycles. The maximum absolute atomic E-state index is 12.1. The first-order valence-electron chi connectivity index (χ1n) is 5.45. The molecule has 0 radical (unpaired) electrons. The van der Waals surface area contributed by atoms with Gasteiger partial charge in [0.25, 0.3) is 0 Å². The summed E-state index contributed by atoms with van der Waals surface area (Å²) in [5, 5.41) is 1.98. The van der Waals surface area contributed by atoms with Crippen LogP contribution in [0.4, 0.5) is 32.0 Å². The molecule has 0 spiro atoms. The number of nitrogens with two attached hydrogens (primary N) is 1. The molecule has 1 rings (SSSR count). The number of benzene rings is 1. The zero-order valence-electron chi connectivity index (χ0n) is 10.3. The predicted molar refractivity (Wildman–Crippen MR) is 60.4 cm³/mol. The number of carbonyl (C=O) groups is 1. The lowest BCUT2D eigenvalue weighted by molar-refractivity contribution is -0.274. The Hall–Kier alpha value is -1.97. The van der Waals surface area contributed by atoms with Crippen LogP contribution in [0.5, 0.6) is 5.75 Å². The van der Waals surface area contributed by atoms with E-state index in [9.17, 15) is 31.1 Å². The average Bonchev–Trinajstić information content (AvgIpc) is 2.24. The molecule has 1 atom stereocenters. The number of alkyl halides is 6. The molecule has 0 heterocycles. The van der Waals surface area contributed by atoms with Crippen molar-refractivity contribution in [2.75, 3.05) is 5.32 Å². The summed E-state index contributed by atoms with van der Waals surface area (Å²) in [6.45, 7) is 0. The minimum Gasteiger partial charge on any atom is -0.406 e. The Balaban J connectivity index is 2.70. The van der Waals surface area contributed by atoms with Gasteiger partial charge in [-0.2, -0.15) is 13.2 Å². The highest BCUT2D eigenvalue weighted by Crippen LogP contribution is 2.25. The topological polar surface area (TPSA) is 64.4 Å². The highest BCUT2D eigenvalue weighted by molar-refractivity contribution is 5.94. The number of nitrogens with one attached hydrogen (secondary N) is 1. The molecule has 4 nitrogen and oxygen atoms in total. The van der Waals surface area contributed by atoms with E-state index < -0.39 is 36.7 Å². The number of hydrogen-bond donors (Lipinski definition) is 2. The van der Waals surface area contributed by atoms with Gasteiger partial charge in [-0.3, -0.25) is 4.79 Å². The molecule has 1 aromatic rings. The van der Waals surface area contributed by atoms with Crippen molar-refractivity contribution in [3.8, 4) is 5.75 Å². The maximum atomic E-state index is 12.1. The number of hydrogen-bond acceptors (Lipinski definition) is 3. The van der Waals surface area contributed by atoms with Gasteiger partial charge < -0.3 is 15.8 Å². The second kappa shape index (κ2) is 6.20. The van der Waals surface area contributed by atoms with Crippen LogP contribution in [0.15, 0.2) is 24.3 Å². The van der Waals surface area contributed by atoms with E-state index >= 15 is 0 Å². The van der Waals surface area contributed by atoms with Crippen molar-refractivity contribution >= 4 is 11.6 Å². The lowest BCUT2D eigenvalue weighted by Crippen LogP contribution is -2.39. The van der Waals surface area contributed by atoms with Crippen molar-refractivity contribution in [2.45, 2.75) is 25.0 Å². The molecular weight excluding hydrogens is 306 g/mol. The Morgan fingerprint density at radius 3 is 2.38 bits per heavy atom. The number of halogens is 6. The minimum absolute atomic E-state index is 0.167. The van der Waals surface area contributed by atoms with Crippen molar-refractivity contribution < 1.29 is 35.9 Å². The molecule has 0 aromatic heterocycles. The van der Waals surface area contributed by atoms with Crippen LogP contribution in [-0.2, 0) is 4.79 Å². The van der Waals surface area contributed by atoms with Crippen LogP contribution in [0, 0.1) is 0 Å². The van der Waals surface area contributed by atoms with Gasteiger partial charge in [-0.1, -0.05) is 6.07 Å². The Kier molecular flexibility index (Phi) is 5.05. The summed E-state index contributed by atoms with van der Waals surface area (Å²) in [4.78, 5) is 11.4. The lowest BCUT2D eigenvalue weighted by atomic mass is 10.2. The monoisotopic (exact) mass is 316 g/mol. The van der Waals surface area contributed by atoms with E-state index in [0.717, 1.165) is 18.2 Å². The van der Waals surface area contributed by atoms with E-state index in [1.54, 1.807) is 0 Å². The fourth-order valence-electron chi connectivity index (χ4n) is 1.35. The van der Waals surface area contributed by atoms with Crippen LogP contribution in [0.3, 0.4) is 0 Å². The smallest absolute Gasteiger partial charge is 0.406 e. The first-order valence-corrected chi connectivity index (χ1v) is 5.45. The van der Waals surface area contributed by atoms with Crippen LogP contribution in [0.25, 0.3) is 0 Å². The molecule has 0 aliphatic rings. The molecule has 1 aromatic carbocycles. The standard InChI is InChI=1S/C11H10F6N2O2/c12-10(13,14)5-8(18)9(20)19-6-2-1-3-7(4-6)21-11(15,16)17/h1-4,8H,5,18H2,(H,19,20). The number of ether oxygens (including phenoxy) is 1. The second-order valence-electron chi connectivity index (χ2n) is 3.99. The molecule has 21 heavy (non-hydrogen) atoms. The highest BCUT2D eigenvalue weighted by Gasteiger charge is 2.33. The maximum Gasteiger partial charge on any atom is 0.573 e. The van der Waals surface area contributed by atoms with Crippen LogP contribution < -0.4 is 15.8 Å². The van der Waals surface area contributed by atoms with E-state index in [2.05, 4.69) is 4.74 Å². The molecule has 0 aliphatic heterocycles. The van der Waals surface area contributed by atoms with Crippen LogP contribution in [-0.4, -0.2) is 24.5 Å². The van der Waals surface area contributed by atoms with E-state index in [-0.39, 0.29) is 5.69 Å². The van der Waals surface area contributed by atoms with E-state index in [1.165, 1.54) is 6.07 Å². The number of rotatable bonds is 4. The molecule has 0 fully saturated rings. The molecule has 0 bridgehead atoms. The van der Waals surface area contributed by atoms with Crippen molar-refractivity contribution in [3.63, 3.8) is 0 Å². The zero-order valence-corrected chi connectivity index (χ0v) is 10.3. The molecule has 10 heteroatoms. The third-order valence-corrected chi connectivity index (χ3v) is 2.12. The molecule has 1 amide bonds. The summed E-state index contributed by atoms with van der Waals surface area (Å²) in [6.07, 6.45) is -11.1. The fourth-order valence-corrected chi connectivity index (χ4v) is 1.35. The minimum atomic E-state index is -4.92. The van der Waals surface area contributed by atoms with Gasteiger partial charge in [0.2, 0.25) is 5.91 Å². The molecule has 0 aliphatic carbocycles. The van der Waals surface area contributed by atoms with Gasteiger partial charge in [0.15, 0.2) is 0 Å². The van der Waals surface area contributed by atoms with Gasteiger partial charge in [-0.05, 0) is 12.1 Å². The second-order valence-corrected chi connectivity index (χ2v) is 3.99. The predicted octanol–water partition coefficient (Wildman–Crippen LogP) is 2.80. The van der Waals surface area contributed by atoms with Gasteiger partial charge in [-0.25, -0.2) is 0 Å². The number of amides is 1. The average molecular weight is 316 g/mol. The van der Waals surface area contributed by atoms with E-state index in [1.807, 2.05) is 5.32 Å². The van der Waals surface area contributed by atoms with Crippen molar-refractivity contribution in [1.29, 1.82) is 0 Å². The quantitative estimate of drug-likeness (QED) is 0.840. The zero-order chi connectivity index (χ0) is 16.3. The van der Waals surface area contributed by atoms with Gasteiger partial charge in [-0.15, -0.1) is 13.2 Å². The summed E-state index contributed by atoms with van der Waals surface area (Å²) in [6, 6.07) is 2.23. The Morgan fingerprint density at radius 2 is 1.86 bits per heavy atom. The van der Waals surface area contributed by atoms with Gasteiger partial charge >= 0.3 is 12.5 Å². The normalized spacial score (nSPS) is 13.7. The van der Waals surface area contributed by atoms with Crippen molar-refractivity contribution in [1.82, 2.24) is 0 Å². The van der Waals surface area contributed by atoms with Gasteiger partial charge in [0.05, 0.1) is 12.5 Å². The van der Waals surface area contributed by atoms with Crippen molar-refractivity contribution in [2.24, 2.45) is 5.73 Å². The summed E-state index contributed by atoms with van der Waals surface area (Å²) in [5.41, 5.74) is 4.88. The summed E-state index contributed by atoms with van der Waals surface area (Å²) in [7, 11) is 0. The summed E-state index contributed by atoms with van der Waals surface area (Å²) in [5.74, 6) is -1.79. The van der Waals surface area contributed by atoms with Gasteiger partial charge in [0.1, 0.15) is 5.75 Å². The Morgan fingerprint density at radius 1 is 1.24 bits per heavy atom. The van der Waals surface area contributed by atoms with E-state index in [0.29, 0.717) is 0 Å². The fraction of sp³-hybridized carbons (Fsp3) is 0.364. The van der Waals surface area contributed by atoms with Crippen LogP contribution in [0.2, 0.25) is 0 Å². The van der Waals surface area contributed by atoms with Crippen LogP contribution >= 0.6 is 0 Å². The molecular formula is C11H10F6N2O2. The Bertz CT molecular complexity index is 500. The number of carbonyl (C=O) groups excluding carboxylic acids is 1. The van der Waals surface area contributed by atoms with Crippen molar-refractivity contribution in [3.05, 3.63) is 24.3 Å². The molecule has 1 unspecified atom stereocenters. The summed E-state index contributed by atoms with van der Waals surface area (Å²) >= 11 is 0. The highest BCUT2D eigenvalue weighted by atomic mass is 19.4. The third kappa shape index (κ3) is 6.84. The van der Waals surface area contributed by atoms with E-state index in [4.69, 9.17) is 5.73 Å². The SMILES string of the molecule is NC(CC(F)(F)F)C(=O)Nc1cccc(OC(F)(F)F)c1. The largest absolute Gasteiger partial charge is 0.573 e. The third-order valence-electron chi connectivity index (χ3n) is 2.12. The van der Waals surface area contributed by atoms with Gasteiger partial charge in [0, 0.05) is 11.8 Å². The molecule has 0 saturated heterocycles. The Labute approximate surface area is 114 Å². The molecule has 118 valence electrons. The molecule has 3 N–H and O–H groups in total. The first kappa shape index (κ1) is 17.1. The van der Waals surface area contributed by atoms with Crippen LogP contribution in [0.1, 0.15) is 6.42 Å².